The van der Waals surface area contributed by atoms with Crippen LogP contribution in [0.4, 0.5) is 5.82 Å². The number of pyridine rings is 1. The largest absolute Gasteiger partial charge is 0.469 e. The van der Waals surface area contributed by atoms with Crippen LogP contribution in [0.25, 0.3) is 0 Å². The predicted octanol–water partition coefficient (Wildman–Crippen LogP) is 0.365. The molecule has 14 heavy (non-hydrogen) atoms. The molecule has 0 saturated carbocycles. The number of anilines is 1. The first-order chi connectivity index (χ1) is 6.77. The lowest BCUT2D eigenvalue weighted by Crippen LogP contribution is -2.08. The van der Waals surface area contributed by atoms with Gasteiger partial charge in [0.2, 0.25) is 6.41 Å². The lowest BCUT2D eigenvalue weighted by atomic mass is 10.2. The topological polar surface area (TPSA) is 68.3 Å². The molecule has 0 atom stereocenters. The Kier molecular flexibility index (Phi) is 3.60. The zero-order chi connectivity index (χ0) is 10.4. The van der Waals surface area contributed by atoms with Crippen LogP contribution in [0.15, 0.2) is 18.3 Å². The first-order valence-corrected chi connectivity index (χ1v) is 3.99. The van der Waals surface area contributed by atoms with Crippen molar-refractivity contribution in [2.45, 2.75) is 6.42 Å². The highest BCUT2D eigenvalue weighted by atomic mass is 16.5. The van der Waals surface area contributed by atoms with E-state index in [2.05, 4.69) is 15.0 Å². The third-order valence-corrected chi connectivity index (χ3v) is 1.65. The van der Waals surface area contributed by atoms with Crippen molar-refractivity contribution in [2.75, 3.05) is 12.4 Å². The molecule has 0 saturated heterocycles. The van der Waals surface area contributed by atoms with Crippen molar-refractivity contribution >= 4 is 18.2 Å². The van der Waals surface area contributed by atoms with Gasteiger partial charge < -0.3 is 10.1 Å². The van der Waals surface area contributed by atoms with Crippen LogP contribution in [0.3, 0.4) is 0 Å². The summed E-state index contributed by atoms with van der Waals surface area (Å²) in [5, 5.41) is 2.41. The molecule has 0 aliphatic heterocycles. The molecule has 1 amide bonds. The van der Waals surface area contributed by atoms with E-state index in [0.717, 1.165) is 0 Å². The van der Waals surface area contributed by atoms with Gasteiger partial charge in [-0.1, -0.05) is 6.07 Å². The van der Waals surface area contributed by atoms with E-state index in [9.17, 15) is 9.59 Å². The number of aromatic nitrogens is 1. The van der Waals surface area contributed by atoms with E-state index in [4.69, 9.17) is 0 Å². The van der Waals surface area contributed by atoms with E-state index in [1.807, 2.05) is 0 Å². The fourth-order valence-electron chi connectivity index (χ4n) is 0.995. The van der Waals surface area contributed by atoms with Gasteiger partial charge in [-0.05, 0) is 6.07 Å². The molecule has 1 heterocycles. The molecule has 1 rings (SSSR count). The molecule has 5 nitrogen and oxygen atoms in total. The number of nitrogens with one attached hydrogen (secondary N) is 1. The van der Waals surface area contributed by atoms with E-state index >= 15 is 0 Å². The maximum Gasteiger partial charge on any atom is 0.310 e. The second-order valence-corrected chi connectivity index (χ2v) is 2.53. The van der Waals surface area contributed by atoms with Crippen LogP contribution in [0.1, 0.15) is 5.56 Å². The smallest absolute Gasteiger partial charge is 0.310 e. The number of nitrogens with zero attached hydrogens (tertiary/aromatic N) is 1. The van der Waals surface area contributed by atoms with E-state index in [1.165, 1.54) is 13.3 Å². The van der Waals surface area contributed by atoms with Crippen LogP contribution in [0.5, 0.6) is 0 Å². The number of amides is 1. The minimum atomic E-state index is -0.369. The van der Waals surface area contributed by atoms with Crippen LogP contribution >= 0.6 is 0 Å². The summed E-state index contributed by atoms with van der Waals surface area (Å²) in [4.78, 5) is 25.1. The van der Waals surface area contributed by atoms with E-state index in [1.54, 1.807) is 12.1 Å². The third-order valence-electron chi connectivity index (χ3n) is 1.65. The molecule has 0 aliphatic rings. The van der Waals surface area contributed by atoms with Crippen LogP contribution < -0.4 is 5.32 Å². The number of methoxy groups -OCH3 is 1. The highest BCUT2D eigenvalue weighted by Crippen LogP contribution is 2.11. The molecule has 0 fully saturated rings. The Morgan fingerprint density at radius 1 is 1.71 bits per heavy atom. The van der Waals surface area contributed by atoms with Crippen molar-refractivity contribution in [3.05, 3.63) is 23.9 Å². The van der Waals surface area contributed by atoms with Crippen LogP contribution in [0, 0.1) is 0 Å². The molecular formula is C9H10N2O3. The van der Waals surface area contributed by atoms with Gasteiger partial charge in [0.15, 0.2) is 0 Å². The third kappa shape index (κ3) is 2.55. The Labute approximate surface area is 81.1 Å². The van der Waals surface area contributed by atoms with Gasteiger partial charge in [0.25, 0.3) is 0 Å². The lowest BCUT2D eigenvalue weighted by Gasteiger charge is -2.04. The minimum absolute atomic E-state index is 0.0977. The molecule has 74 valence electrons. The summed E-state index contributed by atoms with van der Waals surface area (Å²) in [6.07, 6.45) is 2.15. The molecule has 5 heteroatoms. The molecule has 1 N–H and O–H groups in total. The zero-order valence-electron chi connectivity index (χ0n) is 7.69. The molecule has 0 spiro atoms. The zero-order valence-corrected chi connectivity index (χ0v) is 7.69. The van der Waals surface area contributed by atoms with Crippen molar-refractivity contribution in [1.29, 1.82) is 0 Å². The van der Waals surface area contributed by atoms with Gasteiger partial charge in [0, 0.05) is 11.8 Å². The van der Waals surface area contributed by atoms with Gasteiger partial charge >= 0.3 is 5.97 Å². The summed E-state index contributed by atoms with van der Waals surface area (Å²) in [5.41, 5.74) is 0.631. The molecule has 1 aromatic rings. The van der Waals surface area contributed by atoms with Gasteiger partial charge in [-0.15, -0.1) is 0 Å². The van der Waals surface area contributed by atoms with Crippen molar-refractivity contribution in [3.8, 4) is 0 Å². The number of rotatable bonds is 4. The van der Waals surface area contributed by atoms with Gasteiger partial charge in [-0.25, -0.2) is 4.98 Å². The Morgan fingerprint density at radius 2 is 2.50 bits per heavy atom. The first-order valence-electron chi connectivity index (χ1n) is 3.99. The standard InChI is InChI=1S/C9H10N2O3/c1-14-8(13)5-7-3-2-4-10-9(7)11-6-12/h2-4,6H,5H2,1H3,(H,10,11,12). The number of hydrogen-bond acceptors (Lipinski definition) is 4. The number of ether oxygens (including phenoxy) is 1. The van der Waals surface area contributed by atoms with Gasteiger partial charge in [-0.3, -0.25) is 9.59 Å². The number of hydrogen-bond donors (Lipinski definition) is 1. The fraction of sp³-hybridized carbons (Fsp3) is 0.222. The maximum atomic E-state index is 11.0. The summed E-state index contributed by atoms with van der Waals surface area (Å²) in [7, 11) is 1.31. The van der Waals surface area contributed by atoms with Crippen molar-refractivity contribution in [1.82, 2.24) is 4.98 Å². The molecular weight excluding hydrogens is 184 g/mol. The Bertz CT molecular complexity index is 339. The molecule has 0 unspecified atom stereocenters. The predicted molar refractivity (Wildman–Crippen MR) is 49.6 cm³/mol. The SMILES string of the molecule is COC(=O)Cc1cccnc1NC=O. The van der Waals surface area contributed by atoms with Crippen LogP contribution in [-0.4, -0.2) is 24.5 Å². The number of carbonyl (C=O) groups is 2. The second kappa shape index (κ2) is 4.96. The van der Waals surface area contributed by atoms with Crippen molar-refractivity contribution in [2.24, 2.45) is 0 Å². The van der Waals surface area contributed by atoms with Crippen LogP contribution in [0.2, 0.25) is 0 Å². The minimum Gasteiger partial charge on any atom is -0.469 e. The second-order valence-electron chi connectivity index (χ2n) is 2.53. The normalized spacial score (nSPS) is 9.21. The van der Waals surface area contributed by atoms with Crippen molar-refractivity contribution < 1.29 is 14.3 Å². The van der Waals surface area contributed by atoms with Gasteiger partial charge in [-0.2, -0.15) is 0 Å². The highest BCUT2D eigenvalue weighted by molar-refractivity contribution is 5.77. The summed E-state index contributed by atoms with van der Waals surface area (Å²) in [6.45, 7) is 0. The Balaban J connectivity index is 2.83. The number of esters is 1. The van der Waals surface area contributed by atoms with Crippen LogP contribution in [-0.2, 0) is 20.7 Å². The fourth-order valence-corrected chi connectivity index (χ4v) is 0.995. The molecule has 0 radical (unpaired) electrons. The summed E-state index contributed by atoms with van der Waals surface area (Å²) < 4.78 is 4.50. The van der Waals surface area contributed by atoms with Gasteiger partial charge in [0.1, 0.15) is 5.82 Å². The quantitative estimate of drug-likeness (QED) is 0.555. The monoisotopic (exact) mass is 194 g/mol. The molecule has 1 aromatic heterocycles. The maximum absolute atomic E-state index is 11.0. The lowest BCUT2D eigenvalue weighted by molar-refractivity contribution is -0.139. The van der Waals surface area contributed by atoms with E-state index < -0.39 is 0 Å². The summed E-state index contributed by atoms with van der Waals surface area (Å²) in [6, 6.07) is 3.39. The molecule has 0 bridgehead atoms. The number of carbonyl (C=O) groups excluding carboxylic acids is 2. The average Bonchev–Trinajstić information content (AvgIpc) is 2.21. The Hall–Kier alpha value is -1.91. The first kappa shape index (κ1) is 10.2. The van der Waals surface area contributed by atoms with E-state index in [0.29, 0.717) is 17.8 Å². The summed E-state index contributed by atoms with van der Waals surface area (Å²) in [5.74, 6) is 0.0137. The Morgan fingerprint density at radius 3 is 3.14 bits per heavy atom. The van der Waals surface area contributed by atoms with Crippen molar-refractivity contribution in [3.63, 3.8) is 0 Å². The summed E-state index contributed by atoms with van der Waals surface area (Å²) >= 11 is 0. The highest BCUT2D eigenvalue weighted by Gasteiger charge is 2.07. The molecule has 0 aromatic carbocycles. The van der Waals surface area contributed by atoms with Gasteiger partial charge in [0.05, 0.1) is 13.5 Å². The average molecular weight is 194 g/mol. The molecule has 0 aliphatic carbocycles. The van der Waals surface area contributed by atoms with E-state index in [-0.39, 0.29) is 12.4 Å².